The van der Waals surface area contributed by atoms with Gasteiger partial charge in [-0.1, -0.05) is 32.0 Å². The number of para-hydroxylation sites is 1. The van der Waals surface area contributed by atoms with E-state index in [4.69, 9.17) is 4.98 Å². The molecule has 3 rings (SSSR count). The van der Waals surface area contributed by atoms with Crippen LogP contribution in [0.1, 0.15) is 31.3 Å². The second kappa shape index (κ2) is 9.58. The zero-order chi connectivity index (χ0) is 20.8. The number of nitrogens with zero attached hydrogens (tertiary/aromatic N) is 5. The van der Waals surface area contributed by atoms with Crippen LogP contribution in [0.4, 0.5) is 16.3 Å². The highest BCUT2D eigenvalue weighted by molar-refractivity contribution is 5.74. The van der Waals surface area contributed by atoms with E-state index in [1.165, 1.54) is 0 Å². The number of carbonyl (C=O) groups is 1. The van der Waals surface area contributed by atoms with Crippen molar-refractivity contribution in [3.05, 3.63) is 47.9 Å². The molecule has 1 fully saturated rings. The van der Waals surface area contributed by atoms with E-state index in [-0.39, 0.29) is 6.03 Å². The smallest absolute Gasteiger partial charge is 0.317 e. The van der Waals surface area contributed by atoms with Gasteiger partial charge in [0.05, 0.1) is 0 Å². The minimum absolute atomic E-state index is 0.00727. The summed E-state index contributed by atoms with van der Waals surface area (Å²) in [5.41, 5.74) is 2.14. The summed E-state index contributed by atoms with van der Waals surface area (Å²) in [4.78, 5) is 28.0. The number of hydrogen-bond acceptors (Lipinski definition) is 5. The molecule has 2 aromatic rings. The van der Waals surface area contributed by atoms with Gasteiger partial charge in [0.25, 0.3) is 0 Å². The van der Waals surface area contributed by atoms with Gasteiger partial charge in [-0.3, -0.25) is 0 Å². The highest BCUT2D eigenvalue weighted by Crippen LogP contribution is 2.18. The molecule has 2 heterocycles. The molecule has 1 aliphatic rings. The topological polar surface area (TPSA) is 64.6 Å². The molecule has 7 heteroatoms. The lowest BCUT2D eigenvalue weighted by Gasteiger charge is -2.35. The third-order valence-electron chi connectivity index (χ3n) is 5.19. The molecule has 0 aliphatic carbocycles. The average molecular weight is 397 g/mol. The van der Waals surface area contributed by atoms with E-state index < -0.39 is 0 Å². The number of aryl methyl sites for hydroxylation is 1. The van der Waals surface area contributed by atoms with Crippen molar-refractivity contribution in [1.82, 2.24) is 20.2 Å². The van der Waals surface area contributed by atoms with Crippen molar-refractivity contribution in [3.63, 3.8) is 0 Å². The van der Waals surface area contributed by atoms with Crippen LogP contribution in [0.25, 0.3) is 0 Å². The first-order valence-electron chi connectivity index (χ1n) is 10.3. The van der Waals surface area contributed by atoms with Crippen molar-refractivity contribution in [2.75, 3.05) is 56.1 Å². The molecule has 0 unspecified atom stereocenters. The Kier molecular flexibility index (Phi) is 6.90. The zero-order valence-corrected chi connectivity index (χ0v) is 17.9. The normalized spacial score (nSPS) is 14.2. The van der Waals surface area contributed by atoms with Gasteiger partial charge >= 0.3 is 6.03 Å². The first-order chi connectivity index (χ1) is 13.9. The quantitative estimate of drug-likeness (QED) is 0.813. The van der Waals surface area contributed by atoms with Crippen LogP contribution in [0, 0.1) is 6.92 Å². The van der Waals surface area contributed by atoms with Gasteiger partial charge in [0.1, 0.15) is 11.6 Å². The van der Waals surface area contributed by atoms with E-state index in [2.05, 4.69) is 46.1 Å². The summed E-state index contributed by atoms with van der Waals surface area (Å²) >= 11 is 0. The number of urea groups is 1. The molecule has 0 saturated carbocycles. The van der Waals surface area contributed by atoms with Gasteiger partial charge in [-0.05, 0) is 19.1 Å². The molecule has 1 aromatic carbocycles. The Hall–Kier alpha value is -2.83. The third kappa shape index (κ3) is 5.59. The summed E-state index contributed by atoms with van der Waals surface area (Å²) in [7, 11) is 2.04. The Balaban J connectivity index is 1.46. The molecule has 0 radical (unpaired) electrons. The van der Waals surface area contributed by atoms with Gasteiger partial charge in [0.15, 0.2) is 0 Å². The van der Waals surface area contributed by atoms with Gasteiger partial charge in [0, 0.05) is 69.7 Å². The molecule has 2 amide bonds. The molecule has 0 spiro atoms. The first-order valence-corrected chi connectivity index (χ1v) is 10.3. The molecule has 1 aromatic heterocycles. The second-order valence-electron chi connectivity index (χ2n) is 7.84. The maximum absolute atomic E-state index is 12.5. The molecule has 0 bridgehead atoms. The lowest BCUT2D eigenvalue weighted by atomic mass is 10.2. The molecule has 156 valence electrons. The number of aromatic nitrogens is 2. The van der Waals surface area contributed by atoms with Crippen molar-refractivity contribution in [1.29, 1.82) is 0 Å². The number of benzene rings is 1. The van der Waals surface area contributed by atoms with Crippen molar-refractivity contribution in [2.45, 2.75) is 26.7 Å². The fourth-order valence-electron chi connectivity index (χ4n) is 3.39. The van der Waals surface area contributed by atoms with Gasteiger partial charge < -0.3 is 20.0 Å². The summed E-state index contributed by atoms with van der Waals surface area (Å²) in [5, 5.41) is 3.04. The van der Waals surface area contributed by atoms with Crippen LogP contribution in [0.3, 0.4) is 0 Å². The number of carbonyl (C=O) groups excluding carboxylic acids is 1. The number of likely N-dealkylation sites (N-methyl/N-ethyl adjacent to an activating group) is 1. The monoisotopic (exact) mass is 396 g/mol. The van der Waals surface area contributed by atoms with Crippen molar-refractivity contribution in [2.24, 2.45) is 0 Å². The van der Waals surface area contributed by atoms with Crippen LogP contribution in [0.5, 0.6) is 0 Å². The Morgan fingerprint density at radius 1 is 1.14 bits per heavy atom. The summed E-state index contributed by atoms with van der Waals surface area (Å²) in [6.45, 7) is 10.6. The zero-order valence-electron chi connectivity index (χ0n) is 17.9. The minimum atomic E-state index is 0.00727. The van der Waals surface area contributed by atoms with Crippen LogP contribution in [-0.4, -0.2) is 67.2 Å². The minimum Gasteiger partial charge on any atom is -0.373 e. The van der Waals surface area contributed by atoms with Crippen LogP contribution < -0.4 is 15.1 Å². The molecule has 29 heavy (non-hydrogen) atoms. The van der Waals surface area contributed by atoms with Gasteiger partial charge in [-0.15, -0.1) is 0 Å². The molecule has 7 nitrogen and oxygen atoms in total. The average Bonchev–Trinajstić information content (AvgIpc) is 2.73. The summed E-state index contributed by atoms with van der Waals surface area (Å²) in [6, 6.07) is 12.2. The van der Waals surface area contributed by atoms with Crippen molar-refractivity contribution < 1.29 is 4.79 Å². The Labute approximate surface area is 173 Å². The van der Waals surface area contributed by atoms with E-state index in [0.29, 0.717) is 25.6 Å². The molecule has 1 aliphatic heterocycles. The number of anilines is 2. The van der Waals surface area contributed by atoms with E-state index in [9.17, 15) is 4.79 Å². The predicted molar refractivity (Wildman–Crippen MR) is 118 cm³/mol. The van der Waals surface area contributed by atoms with Crippen LogP contribution in [-0.2, 0) is 0 Å². The van der Waals surface area contributed by atoms with E-state index in [1.54, 1.807) is 0 Å². The Morgan fingerprint density at radius 3 is 2.48 bits per heavy atom. The standard InChI is InChI=1S/C22H32N6O/c1-17(2)21-24-18(3)16-20(25-21)27-12-14-28(15-13-27)22(29)23-10-11-26(4)19-8-6-5-7-9-19/h5-9,16-17H,10-15H2,1-4H3,(H,23,29). The lowest BCUT2D eigenvalue weighted by Crippen LogP contribution is -2.52. The summed E-state index contributed by atoms with van der Waals surface area (Å²) < 4.78 is 0. The Morgan fingerprint density at radius 2 is 1.83 bits per heavy atom. The van der Waals surface area contributed by atoms with Crippen LogP contribution in [0.2, 0.25) is 0 Å². The SMILES string of the molecule is Cc1cc(N2CCN(C(=O)NCCN(C)c3ccccc3)CC2)nc(C(C)C)n1. The number of nitrogens with one attached hydrogen (secondary N) is 1. The second-order valence-corrected chi connectivity index (χ2v) is 7.84. The molecule has 1 N–H and O–H groups in total. The molecular weight excluding hydrogens is 364 g/mol. The van der Waals surface area contributed by atoms with E-state index in [1.807, 2.05) is 43.1 Å². The highest BCUT2D eigenvalue weighted by atomic mass is 16.2. The van der Waals surface area contributed by atoms with Crippen LogP contribution in [0.15, 0.2) is 36.4 Å². The third-order valence-corrected chi connectivity index (χ3v) is 5.19. The van der Waals surface area contributed by atoms with Gasteiger partial charge in [0.2, 0.25) is 0 Å². The maximum Gasteiger partial charge on any atom is 0.317 e. The lowest BCUT2D eigenvalue weighted by molar-refractivity contribution is 0.194. The number of hydrogen-bond donors (Lipinski definition) is 1. The number of piperazine rings is 1. The number of rotatable bonds is 6. The predicted octanol–water partition coefficient (Wildman–Crippen LogP) is 2.88. The van der Waals surface area contributed by atoms with Crippen molar-refractivity contribution >= 4 is 17.5 Å². The van der Waals surface area contributed by atoms with Gasteiger partial charge in [-0.25, -0.2) is 14.8 Å². The summed E-state index contributed by atoms with van der Waals surface area (Å²) in [5.74, 6) is 2.14. The fraction of sp³-hybridized carbons (Fsp3) is 0.500. The fourth-order valence-corrected chi connectivity index (χ4v) is 3.39. The van der Waals surface area contributed by atoms with Gasteiger partial charge in [-0.2, -0.15) is 0 Å². The first kappa shape index (κ1) is 20.9. The highest BCUT2D eigenvalue weighted by Gasteiger charge is 2.22. The molecule has 1 saturated heterocycles. The Bertz CT molecular complexity index is 802. The van der Waals surface area contributed by atoms with E-state index in [0.717, 1.165) is 42.7 Å². The maximum atomic E-state index is 12.5. The number of amides is 2. The van der Waals surface area contributed by atoms with E-state index >= 15 is 0 Å². The largest absolute Gasteiger partial charge is 0.373 e. The molecule has 0 atom stereocenters. The summed E-state index contributed by atoms with van der Waals surface area (Å²) in [6.07, 6.45) is 0. The van der Waals surface area contributed by atoms with Crippen LogP contribution >= 0.6 is 0 Å². The molecular formula is C22H32N6O. The van der Waals surface area contributed by atoms with Crippen molar-refractivity contribution in [3.8, 4) is 0 Å².